The second kappa shape index (κ2) is 21.0. The van der Waals surface area contributed by atoms with Crippen molar-refractivity contribution in [3.63, 3.8) is 0 Å². The van der Waals surface area contributed by atoms with Crippen LogP contribution in [0.2, 0.25) is 0 Å². The van der Waals surface area contributed by atoms with Gasteiger partial charge in [0.1, 0.15) is 0 Å². The van der Waals surface area contributed by atoms with Crippen molar-refractivity contribution in [2.24, 2.45) is 0 Å². The Morgan fingerprint density at radius 2 is 1.07 bits per heavy atom. The summed E-state index contributed by atoms with van der Waals surface area (Å²) in [7, 11) is 0. The van der Waals surface area contributed by atoms with Crippen LogP contribution in [0.25, 0.3) is 0 Å². The minimum atomic E-state index is -0.424. The van der Waals surface area contributed by atoms with Gasteiger partial charge in [-0.05, 0) is 25.7 Å². The van der Waals surface area contributed by atoms with Crippen LogP contribution in [0.15, 0.2) is 0 Å². The standard InChI is InChI=1S/C22H36N2O4/c1-3-5-7-11-15-19-27-21(25)23-17-13-9-10-14-18-24-22(26)28-20-16-12-8-6-4-2/h3-10,13-14,17-20H2,1-2H3,(H,23,25)(H,24,26). The zero-order chi connectivity index (χ0) is 20.7. The molecule has 0 aliphatic carbocycles. The highest BCUT2D eigenvalue weighted by Gasteiger charge is 2.00. The Kier molecular flexibility index (Phi) is 19.2. The Morgan fingerprint density at radius 1 is 0.643 bits per heavy atom. The van der Waals surface area contributed by atoms with Crippen LogP contribution in [0.5, 0.6) is 0 Å². The molecule has 0 bridgehead atoms. The SMILES string of the molecule is CCCCC#CCOC(=O)NCCCCCCNC(=O)OCC#CCCCC. The van der Waals surface area contributed by atoms with Gasteiger partial charge in [-0.15, -0.1) is 0 Å². The molecule has 2 amide bonds. The van der Waals surface area contributed by atoms with Crippen LogP contribution in [-0.4, -0.2) is 38.5 Å². The van der Waals surface area contributed by atoms with Crippen molar-refractivity contribution in [3.8, 4) is 23.7 Å². The number of rotatable bonds is 13. The molecule has 0 saturated heterocycles. The maximum atomic E-state index is 11.4. The Hall–Kier alpha value is -2.34. The molecule has 0 saturated carbocycles. The lowest BCUT2D eigenvalue weighted by Crippen LogP contribution is -2.26. The lowest BCUT2D eigenvalue weighted by Gasteiger charge is -2.06. The fourth-order valence-corrected chi connectivity index (χ4v) is 2.10. The van der Waals surface area contributed by atoms with Crippen molar-refractivity contribution in [1.82, 2.24) is 10.6 Å². The number of amides is 2. The highest BCUT2D eigenvalue weighted by Crippen LogP contribution is 1.98. The summed E-state index contributed by atoms with van der Waals surface area (Å²) >= 11 is 0. The minimum absolute atomic E-state index is 0.141. The van der Waals surface area contributed by atoms with Crippen LogP contribution < -0.4 is 10.6 Å². The lowest BCUT2D eigenvalue weighted by molar-refractivity contribution is 0.158. The molecule has 0 aromatic heterocycles. The monoisotopic (exact) mass is 392 g/mol. The van der Waals surface area contributed by atoms with Gasteiger partial charge in [0.05, 0.1) is 0 Å². The molecule has 0 heterocycles. The third-order valence-corrected chi connectivity index (χ3v) is 3.75. The van der Waals surface area contributed by atoms with E-state index >= 15 is 0 Å². The molecule has 28 heavy (non-hydrogen) atoms. The topological polar surface area (TPSA) is 76.7 Å². The van der Waals surface area contributed by atoms with Crippen molar-refractivity contribution in [2.45, 2.75) is 78.1 Å². The zero-order valence-corrected chi connectivity index (χ0v) is 17.5. The summed E-state index contributed by atoms with van der Waals surface area (Å²) in [4.78, 5) is 22.9. The Bertz CT molecular complexity index is 478. The number of hydrogen-bond donors (Lipinski definition) is 2. The summed E-state index contributed by atoms with van der Waals surface area (Å²) in [6.45, 7) is 5.66. The highest BCUT2D eigenvalue weighted by atomic mass is 16.6. The van der Waals surface area contributed by atoms with E-state index in [9.17, 15) is 9.59 Å². The van der Waals surface area contributed by atoms with Crippen molar-refractivity contribution in [2.75, 3.05) is 26.3 Å². The van der Waals surface area contributed by atoms with Gasteiger partial charge in [0, 0.05) is 25.9 Å². The average Bonchev–Trinajstić information content (AvgIpc) is 2.69. The number of ether oxygens (including phenoxy) is 2. The van der Waals surface area contributed by atoms with Crippen LogP contribution in [0, 0.1) is 23.7 Å². The minimum Gasteiger partial charge on any atom is -0.436 e. The second-order valence-corrected chi connectivity index (χ2v) is 6.33. The van der Waals surface area contributed by atoms with Crippen molar-refractivity contribution in [3.05, 3.63) is 0 Å². The number of alkyl carbamates (subject to hydrolysis) is 2. The first-order valence-corrected chi connectivity index (χ1v) is 10.4. The normalized spacial score (nSPS) is 9.36. The molecule has 0 fully saturated rings. The first-order chi connectivity index (χ1) is 13.7. The summed E-state index contributed by atoms with van der Waals surface area (Å²) < 4.78 is 9.92. The fourth-order valence-electron chi connectivity index (χ4n) is 2.10. The van der Waals surface area contributed by atoms with Crippen LogP contribution in [-0.2, 0) is 9.47 Å². The molecule has 0 atom stereocenters. The maximum Gasteiger partial charge on any atom is 0.408 e. The smallest absolute Gasteiger partial charge is 0.408 e. The number of unbranched alkanes of at least 4 members (excludes halogenated alkanes) is 7. The number of nitrogens with one attached hydrogen (secondary N) is 2. The molecular weight excluding hydrogens is 356 g/mol. The number of carbonyl (C=O) groups excluding carboxylic acids is 2. The van der Waals surface area contributed by atoms with Gasteiger partial charge in [-0.2, -0.15) is 0 Å². The second-order valence-electron chi connectivity index (χ2n) is 6.33. The van der Waals surface area contributed by atoms with E-state index in [0.717, 1.165) is 64.2 Å². The summed E-state index contributed by atoms with van der Waals surface area (Å²) in [5.74, 6) is 11.6. The van der Waals surface area contributed by atoms with Gasteiger partial charge < -0.3 is 20.1 Å². The van der Waals surface area contributed by atoms with E-state index in [1.807, 2.05) is 0 Å². The maximum absolute atomic E-state index is 11.4. The fraction of sp³-hybridized carbons (Fsp3) is 0.727. The van der Waals surface area contributed by atoms with E-state index in [-0.39, 0.29) is 13.2 Å². The van der Waals surface area contributed by atoms with Crippen LogP contribution in [0.3, 0.4) is 0 Å². The van der Waals surface area contributed by atoms with E-state index in [2.05, 4.69) is 48.2 Å². The Labute approximate surface area is 170 Å². The lowest BCUT2D eigenvalue weighted by atomic mass is 10.2. The van der Waals surface area contributed by atoms with Gasteiger partial charge >= 0.3 is 12.2 Å². The summed E-state index contributed by atoms with van der Waals surface area (Å²) in [6, 6.07) is 0. The highest BCUT2D eigenvalue weighted by molar-refractivity contribution is 5.67. The van der Waals surface area contributed by atoms with E-state index in [1.54, 1.807) is 0 Å². The molecule has 0 spiro atoms. The number of hydrogen-bond acceptors (Lipinski definition) is 4. The van der Waals surface area contributed by atoms with Crippen molar-refractivity contribution < 1.29 is 19.1 Å². The zero-order valence-electron chi connectivity index (χ0n) is 17.5. The number of carbonyl (C=O) groups is 2. The van der Waals surface area contributed by atoms with Gasteiger partial charge in [-0.1, -0.05) is 63.2 Å². The Balaban J connectivity index is 3.39. The van der Waals surface area contributed by atoms with Gasteiger partial charge in [0.25, 0.3) is 0 Å². The molecular formula is C22H36N2O4. The first kappa shape index (κ1) is 25.7. The molecule has 0 rings (SSSR count). The van der Waals surface area contributed by atoms with Gasteiger partial charge in [-0.25, -0.2) is 9.59 Å². The predicted octanol–water partition coefficient (Wildman–Crippen LogP) is 4.39. The summed E-state index contributed by atoms with van der Waals surface area (Å²) in [5.41, 5.74) is 0. The molecule has 6 nitrogen and oxygen atoms in total. The van der Waals surface area contributed by atoms with Crippen LogP contribution >= 0.6 is 0 Å². The first-order valence-electron chi connectivity index (χ1n) is 10.4. The van der Waals surface area contributed by atoms with Gasteiger partial charge in [-0.3, -0.25) is 0 Å². The van der Waals surface area contributed by atoms with E-state index in [4.69, 9.17) is 9.47 Å². The predicted molar refractivity (Wildman–Crippen MR) is 112 cm³/mol. The van der Waals surface area contributed by atoms with Crippen molar-refractivity contribution >= 4 is 12.2 Å². The van der Waals surface area contributed by atoms with Crippen LogP contribution in [0.1, 0.15) is 78.1 Å². The van der Waals surface area contributed by atoms with E-state index in [0.29, 0.717) is 13.1 Å². The molecule has 6 heteroatoms. The van der Waals surface area contributed by atoms with Gasteiger partial charge in [0.2, 0.25) is 0 Å². The summed E-state index contributed by atoms with van der Waals surface area (Å²) in [6.07, 6.45) is 8.90. The quantitative estimate of drug-likeness (QED) is 0.360. The van der Waals surface area contributed by atoms with Gasteiger partial charge in [0.15, 0.2) is 13.2 Å². The third kappa shape index (κ3) is 20.0. The summed E-state index contributed by atoms with van der Waals surface area (Å²) in [5, 5.41) is 5.41. The molecule has 0 radical (unpaired) electrons. The molecule has 2 N–H and O–H groups in total. The molecule has 0 aromatic carbocycles. The molecule has 0 aliphatic heterocycles. The molecule has 158 valence electrons. The molecule has 0 aliphatic rings. The van der Waals surface area contributed by atoms with E-state index in [1.165, 1.54) is 0 Å². The van der Waals surface area contributed by atoms with E-state index < -0.39 is 12.2 Å². The molecule has 0 unspecified atom stereocenters. The third-order valence-electron chi connectivity index (χ3n) is 3.75. The Morgan fingerprint density at radius 3 is 1.46 bits per heavy atom. The largest absolute Gasteiger partial charge is 0.436 e. The van der Waals surface area contributed by atoms with Crippen molar-refractivity contribution in [1.29, 1.82) is 0 Å². The molecule has 0 aromatic rings. The van der Waals surface area contributed by atoms with Crippen LogP contribution in [0.4, 0.5) is 9.59 Å². The average molecular weight is 393 g/mol.